The summed E-state index contributed by atoms with van der Waals surface area (Å²) in [6.45, 7) is 3.78. The van der Waals surface area contributed by atoms with Crippen LogP contribution in [0.25, 0.3) is 5.69 Å². The lowest BCUT2D eigenvalue weighted by Gasteiger charge is -2.11. The smallest absolute Gasteiger partial charge is 0.337 e. The van der Waals surface area contributed by atoms with Gasteiger partial charge in [0.15, 0.2) is 0 Å². The van der Waals surface area contributed by atoms with Crippen LogP contribution in [-0.4, -0.2) is 32.9 Å². The molecule has 0 aliphatic heterocycles. The Labute approximate surface area is 191 Å². The molecule has 2 aromatic carbocycles. The van der Waals surface area contributed by atoms with Crippen molar-refractivity contribution in [2.75, 3.05) is 0 Å². The number of phenolic OH excluding ortho intramolecular Hbond substituents is 1. The third-order valence-electron chi connectivity index (χ3n) is 4.49. The molecule has 3 rings (SSSR count). The van der Waals surface area contributed by atoms with Gasteiger partial charge in [0, 0.05) is 28.2 Å². The number of nitrogens with one attached hydrogen (secondary N) is 1. The summed E-state index contributed by atoms with van der Waals surface area (Å²) in [7, 11) is 0. The van der Waals surface area contributed by atoms with Crippen LogP contribution in [0.4, 0.5) is 0 Å². The number of nitrogens with zero attached hydrogens (tertiary/aromatic N) is 2. The third kappa shape index (κ3) is 4.49. The number of hydrazone groups is 1. The number of aromatic nitrogens is 1. The van der Waals surface area contributed by atoms with Crippen molar-refractivity contribution in [3.8, 4) is 11.4 Å². The van der Waals surface area contributed by atoms with Crippen LogP contribution in [-0.2, 0) is 0 Å². The molecule has 0 radical (unpaired) electrons. The maximum atomic E-state index is 12.2. The van der Waals surface area contributed by atoms with Crippen LogP contribution in [0.2, 0.25) is 5.02 Å². The van der Waals surface area contributed by atoms with Gasteiger partial charge in [-0.05, 0) is 78.9 Å². The number of carboxylic acids is 1. The van der Waals surface area contributed by atoms with Gasteiger partial charge in [-0.1, -0.05) is 11.6 Å². The van der Waals surface area contributed by atoms with Crippen molar-refractivity contribution >= 4 is 52.3 Å². The Kier molecular flexibility index (Phi) is 6.47. The Morgan fingerprint density at radius 1 is 1.17 bits per heavy atom. The summed E-state index contributed by atoms with van der Waals surface area (Å²) in [6.07, 6.45) is 1.52. The molecule has 0 bridgehead atoms. The van der Waals surface area contributed by atoms with Crippen molar-refractivity contribution in [1.82, 2.24) is 9.99 Å². The van der Waals surface area contributed by atoms with E-state index in [1.165, 1.54) is 18.3 Å². The number of rotatable bonds is 5. The maximum absolute atomic E-state index is 12.2. The number of halogens is 2. The predicted molar refractivity (Wildman–Crippen MR) is 123 cm³/mol. The van der Waals surface area contributed by atoms with E-state index in [4.69, 9.17) is 16.7 Å². The van der Waals surface area contributed by atoms with E-state index in [0.717, 1.165) is 22.6 Å². The number of aromatic carboxylic acids is 1. The van der Waals surface area contributed by atoms with Crippen molar-refractivity contribution in [1.29, 1.82) is 0 Å². The highest BCUT2D eigenvalue weighted by atomic mass is 127. The molecule has 0 aliphatic rings. The van der Waals surface area contributed by atoms with Crippen molar-refractivity contribution in [3.63, 3.8) is 0 Å². The molecule has 30 heavy (non-hydrogen) atoms. The molecule has 0 unspecified atom stereocenters. The zero-order valence-electron chi connectivity index (χ0n) is 16.0. The molecule has 0 aliphatic carbocycles. The minimum absolute atomic E-state index is 0.0309. The standard InChI is InChI=1S/C21H17ClIN3O4/c1-11-7-14(10-24-25-20(28)13-3-6-18(23)19(27)8-13)12(2)26(11)15-4-5-16(21(29)30)17(22)9-15/h3-10,27H,1-2H3,(H,25,28)(H,29,30)/b24-10-. The summed E-state index contributed by atoms with van der Waals surface area (Å²) < 4.78 is 2.56. The van der Waals surface area contributed by atoms with Gasteiger partial charge in [-0.3, -0.25) is 4.79 Å². The summed E-state index contributed by atoms with van der Waals surface area (Å²) in [5.41, 5.74) is 6.00. The van der Waals surface area contributed by atoms with E-state index in [1.54, 1.807) is 24.3 Å². The molecule has 1 amide bonds. The fourth-order valence-corrected chi connectivity index (χ4v) is 3.60. The minimum atomic E-state index is -1.09. The molecule has 1 heterocycles. The normalized spacial score (nSPS) is 11.1. The Morgan fingerprint density at radius 3 is 2.53 bits per heavy atom. The molecule has 0 atom stereocenters. The molecule has 1 aromatic heterocycles. The fourth-order valence-electron chi connectivity index (χ4n) is 3.01. The number of phenols is 1. The topological polar surface area (TPSA) is 104 Å². The maximum Gasteiger partial charge on any atom is 0.337 e. The van der Waals surface area contributed by atoms with Crippen LogP contribution in [0.5, 0.6) is 5.75 Å². The quantitative estimate of drug-likeness (QED) is 0.253. The summed E-state index contributed by atoms with van der Waals surface area (Å²) in [5.74, 6) is -1.50. The first-order valence-corrected chi connectivity index (χ1v) is 10.2. The molecule has 0 fully saturated rings. The Morgan fingerprint density at radius 2 is 1.90 bits per heavy atom. The molecule has 9 heteroatoms. The number of carbonyl (C=O) groups excluding carboxylic acids is 1. The lowest BCUT2D eigenvalue weighted by Crippen LogP contribution is -2.17. The SMILES string of the molecule is Cc1cc(/C=N\NC(=O)c2ccc(I)c(O)c2)c(C)n1-c1ccc(C(=O)O)c(Cl)c1. The average molecular weight is 538 g/mol. The number of carboxylic acid groups (broad SMARTS) is 1. The first kappa shape index (κ1) is 21.8. The van der Waals surface area contributed by atoms with Gasteiger partial charge in [0.1, 0.15) is 5.75 Å². The van der Waals surface area contributed by atoms with Crippen LogP contribution in [0.3, 0.4) is 0 Å². The summed E-state index contributed by atoms with van der Waals surface area (Å²) in [6, 6.07) is 11.2. The van der Waals surface area contributed by atoms with Gasteiger partial charge in [0.2, 0.25) is 0 Å². The monoisotopic (exact) mass is 537 g/mol. The third-order valence-corrected chi connectivity index (χ3v) is 5.71. The van der Waals surface area contributed by atoms with Crippen LogP contribution >= 0.6 is 34.2 Å². The lowest BCUT2D eigenvalue weighted by molar-refractivity contribution is 0.0696. The molecular formula is C21H17ClIN3O4. The number of aryl methyl sites for hydroxylation is 1. The molecule has 0 saturated carbocycles. The summed E-state index contributed by atoms with van der Waals surface area (Å²) >= 11 is 8.07. The second kappa shape index (κ2) is 8.88. The molecule has 154 valence electrons. The van der Waals surface area contributed by atoms with Gasteiger partial charge in [-0.15, -0.1) is 0 Å². The van der Waals surface area contributed by atoms with E-state index in [1.807, 2.05) is 47.1 Å². The zero-order valence-corrected chi connectivity index (χ0v) is 18.9. The van der Waals surface area contributed by atoms with Gasteiger partial charge in [-0.2, -0.15) is 5.10 Å². The lowest BCUT2D eigenvalue weighted by atomic mass is 10.2. The highest BCUT2D eigenvalue weighted by molar-refractivity contribution is 14.1. The molecule has 0 spiro atoms. The first-order chi connectivity index (χ1) is 14.2. The van der Waals surface area contributed by atoms with Crippen LogP contribution in [0.15, 0.2) is 47.6 Å². The van der Waals surface area contributed by atoms with Gasteiger partial charge < -0.3 is 14.8 Å². The molecule has 3 aromatic rings. The highest BCUT2D eigenvalue weighted by Crippen LogP contribution is 2.25. The second-order valence-corrected chi connectivity index (χ2v) is 8.07. The van der Waals surface area contributed by atoms with E-state index in [9.17, 15) is 14.7 Å². The predicted octanol–water partition coefficient (Wildman–Crippen LogP) is 4.52. The van der Waals surface area contributed by atoms with E-state index in [0.29, 0.717) is 9.13 Å². The molecule has 7 nitrogen and oxygen atoms in total. The van der Waals surface area contributed by atoms with Crippen molar-refractivity contribution in [3.05, 3.63) is 79.1 Å². The number of hydrogen-bond acceptors (Lipinski definition) is 4. The van der Waals surface area contributed by atoms with E-state index in [2.05, 4.69) is 10.5 Å². The second-order valence-electron chi connectivity index (χ2n) is 6.50. The molecular weight excluding hydrogens is 521 g/mol. The number of hydrogen-bond donors (Lipinski definition) is 3. The van der Waals surface area contributed by atoms with Gasteiger partial charge in [-0.25, -0.2) is 10.2 Å². The minimum Gasteiger partial charge on any atom is -0.507 e. The van der Waals surface area contributed by atoms with E-state index < -0.39 is 11.9 Å². The van der Waals surface area contributed by atoms with Gasteiger partial charge >= 0.3 is 5.97 Å². The Bertz CT molecular complexity index is 1190. The first-order valence-electron chi connectivity index (χ1n) is 8.73. The van der Waals surface area contributed by atoms with E-state index in [-0.39, 0.29) is 16.3 Å². The summed E-state index contributed by atoms with van der Waals surface area (Å²) in [4.78, 5) is 23.4. The van der Waals surface area contributed by atoms with Gasteiger partial charge in [0.25, 0.3) is 5.91 Å². The number of aromatic hydroxyl groups is 1. The van der Waals surface area contributed by atoms with Crippen LogP contribution in [0.1, 0.15) is 37.7 Å². The molecule has 0 saturated heterocycles. The molecule has 3 N–H and O–H groups in total. The average Bonchev–Trinajstić information content (AvgIpc) is 2.96. The Hall–Kier alpha value is -2.85. The number of amides is 1. The number of carbonyl (C=O) groups is 2. The van der Waals surface area contributed by atoms with Gasteiger partial charge in [0.05, 0.1) is 20.4 Å². The van der Waals surface area contributed by atoms with Crippen molar-refractivity contribution in [2.24, 2.45) is 5.10 Å². The van der Waals surface area contributed by atoms with Crippen LogP contribution in [0, 0.1) is 17.4 Å². The van der Waals surface area contributed by atoms with Crippen molar-refractivity contribution in [2.45, 2.75) is 13.8 Å². The highest BCUT2D eigenvalue weighted by Gasteiger charge is 2.14. The number of benzene rings is 2. The summed E-state index contributed by atoms with van der Waals surface area (Å²) in [5, 5.41) is 23.0. The largest absolute Gasteiger partial charge is 0.507 e. The van der Waals surface area contributed by atoms with Crippen molar-refractivity contribution < 1.29 is 19.8 Å². The van der Waals surface area contributed by atoms with E-state index >= 15 is 0 Å². The Balaban J connectivity index is 1.81. The zero-order chi connectivity index (χ0) is 22.0. The fraction of sp³-hybridized carbons (Fsp3) is 0.0952. The van der Waals surface area contributed by atoms with Crippen LogP contribution < -0.4 is 5.43 Å².